The maximum atomic E-state index is 11.9. The van der Waals surface area contributed by atoms with Crippen LogP contribution in [0.2, 0.25) is 0 Å². The predicted molar refractivity (Wildman–Crippen MR) is 73.4 cm³/mol. The van der Waals surface area contributed by atoms with Crippen molar-refractivity contribution in [2.45, 2.75) is 4.90 Å². The number of carbonyl (C=O) groups is 1. The molecule has 20 heavy (non-hydrogen) atoms. The average molecular weight is 290 g/mol. The van der Waals surface area contributed by atoms with Gasteiger partial charge in [-0.05, 0) is 24.3 Å². The van der Waals surface area contributed by atoms with Gasteiger partial charge in [-0.2, -0.15) is 0 Å². The molecule has 102 valence electrons. The second-order valence-electron chi connectivity index (χ2n) is 3.82. The van der Waals surface area contributed by atoms with Gasteiger partial charge in [-0.3, -0.25) is 19.6 Å². The van der Waals surface area contributed by atoms with E-state index in [0.29, 0.717) is 10.5 Å². The minimum atomic E-state index is -1.76. The van der Waals surface area contributed by atoms with Crippen molar-refractivity contribution in [2.24, 2.45) is 0 Å². The van der Waals surface area contributed by atoms with E-state index in [0.717, 1.165) is 0 Å². The van der Waals surface area contributed by atoms with Crippen molar-refractivity contribution in [3.05, 3.63) is 70.3 Å². The van der Waals surface area contributed by atoms with Crippen molar-refractivity contribution in [1.82, 2.24) is 4.72 Å². The zero-order valence-corrected chi connectivity index (χ0v) is 11.0. The van der Waals surface area contributed by atoms with Crippen LogP contribution in [0.15, 0.2) is 59.5 Å². The van der Waals surface area contributed by atoms with Crippen molar-refractivity contribution < 1.29 is 13.9 Å². The number of amides is 1. The first-order chi connectivity index (χ1) is 9.58. The fourth-order valence-corrected chi connectivity index (χ4v) is 2.27. The Labute approximate surface area is 117 Å². The fourth-order valence-electron chi connectivity index (χ4n) is 1.48. The smallest absolute Gasteiger partial charge is 0.268 e. The Morgan fingerprint density at radius 3 is 2.20 bits per heavy atom. The fraction of sp³-hybridized carbons (Fsp3) is 0. The zero-order chi connectivity index (χ0) is 14.5. The van der Waals surface area contributed by atoms with E-state index in [-0.39, 0.29) is 5.69 Å². The lowest BCUT2D eigenvalue weighted by molar-refractivity contribution is -0.384. The second-order valence-corrected chi connectivity index (χ2v) is 5.03. The molecule has 0 aliphatic rings. The SMILES string of the molecule is O=C(N[S@](=O)c1ccc([N+](=O)[O-])cc1)c1ccccc1. The number of nitrogens with one attached hydrogen (secondary N) is 1. The van der Waals surface area contributed by atoms with E-state index >= 15 is 0 Å². The summed E-state index contributed by atoms with van der Waals surface area (Å²) in [6, 6.07) is 13.5. The molecule has 0 saturated carbocycles. The highest BCUT2D eigenvalue weighted by Crippen LogP contribution is 2.14. The first-order valence-electron chi connectivity index (χ1n) is 5.60. The summed E-state index contributed by atoms with van der Waals surface area (Å²) in [4.78, 5) is 22.0. The van der Waals surface area contributed by atoms with Crippen LogP contribution in [0.25, 0.3) is 0 Å². The third kappa shape index (κ3) is 3.27. The monoisotopic (exact) mass is 290 g/mol. The normalized spacial score (nSPS) is 11.6. The van der Waals surface area contributed by atoms with E-state index < -0.39 is 21.8 Å². The highest BCUT2D eigenvalue weighted by Gasteiger charge is 2.12. The van der Waals surface area contributed by atoms with Crippen LogP contribution >= 0.6 is 0 Å². The van der Waals surface area contributed by atoms with Crippen molar-refractivity contribution in [2.75, 3.05) is 0 Å². The molecular formula is C13H10N2O4S. The Hall–Kier alpha value is -2.54. The van der Waals surface area contributed by atoms with Crippen molar-refractivity contribution in [1.29, 1.82) is 0 Å². The molecule has 1 atom stereocenters. The largest absolute Gasteiger partial charge is 0.269 e. The molecule has 0 radical (unpaired) electrons. The van der Waals surface area contributed by atoms with Gasteiger partial charge in [0, 0.05) is 17.7 Å². The minimum absolute atomic E-state index is 0.0971. The van der Waals surface area contributed by atoms with E-state index in [9.17, 15) is 19.1 Å². The molecule has 2 aromatic rings. The molecule has 1 N–H and O–H groups in total. The van der Waals surface area contributed by atoms with Crippen LogP contribution in [0.5, 0.6) is 0 Å². The van der Waals surface area contributed by atoms with Gasteiger partial charge in [-0.1, -0.05) is 18.2 Å². The Kier molecular flexibility index (Phi) is 4.21. The van der Waals surface area contributed by atoms with Crippen molar-refractivity contribution in [3.63, 3.8) is 0 Å². The van der Waals surface area contributed by atoms with Crippen LogP contribution < -0.4 is 4.72 Å². The number of nitrogens with zero attached hydrogens (tertiary/aromatic N) is 1. The summed E-state index contributed by atoms with van der Waals surface area (Å²) >= 11 is 0. The van der Waals surface area contributed by atoms with Gasteiger partial charge < -0.3 is 0 Å². The molecular weight excluding hydrogens is 280 g/mol. The molecule has 0 spiro atoms. The Morgan fingerprint density at radius 2 is 1.65 bits per heavy atom. The number of non-ortho nitro benzene ring substituents is 1. The minimum Gasteiger partial charge on any atom is -0.268 e. The van der Waals surface area contributed by atoms with Gasteiger partial charge in [-0.15, -0.1) is 0 Å². The molecule has 7 heteroatoms. The average Bonchev–Trinajstić information content (AvgIpc) is 2.48. The number of hydrogen-bond acceptors (Lipinski definition) is 4. The summed E-state index contributed by atoms with van der Waals surface area (Å²) in [5.41, 5.74) is 0.294. The Balaban J connectivity index is 2.08. The Bertz CT molecular complexity index is 656. The van der Waals surface area contributed by atoms with Gasteiger partial charge in [0.05, 0.1) is 9.82 Å². The van der Waals surface area contributed by atoms with E-state index in [1.54, 1.807) is 30.3 Å². The van der Waals surface area contributed by atoms with Gasteiger partial charge in [0.25, 0.3) is 11.6 Å². The third-order valence-corrected chi connectivity index (χ3v) is 3.55. The summed E-state index contributed by atoms with van der Waals surface area (Å²) in [7, 11) is -1.76. The van der Waals surface area contributed by atoms with Crippen molar-refractivity contribution in [3.8, 4) is 0 Å². The maximum absolute atomic E-state index is 11.9. The van der Waals surface area contributed by atoms with Crippen LogP contribution in [0.1, 0.15) is 10.4 Å². The molecule has 0 aliphatic heterocycles. The molecule has 0 saturated heterocycles. The number of rotatable bonds is 4. The first kappa shape index (κ1) is 13.9. The topological polar surface area (TPSA) is 89.3 Å². The van der Waals surface area contributed by atoms with Crippen LogP contribution in [0.3, 0.4) is 0 Å². The lowest BCUT2D eigenvalue weighted by Crippen LogP contribution is -2.25. The molecule has 0 aromatic heterocycles. The van der Waals surface area contributed by atoms with E-state index in [4.69, 9.17) is 0 Å². The number of nitro benzene ring substituents is 1. The molecule has 0 fully saturated rings. The van der Waals surface area contributed by atoms with Crippen molar-refractivity contribution >= 4 is 22.6 Å². The summed E-state index contributed by atoms with van der Waals surface area (Å²) in [6.07, 6.45) is 0. The van der Waals surface area contributed by atoms with Gasteiger partial charge in [-0.25, -0.2) is 4.21 Å². The van der Waals surface area contributed by atoms with E-state index in [2.05, 4.69) is 4.72 Å². The second kappa shape index (κ2) is 6.07. The quantitative estimate of drug-likeness (QED) is 0.689. The molecule has 2 aromatic carbocycles. The summed E-state index contributed by atoms with van der Waals surface area (Å²) in [5.74, 6) is -0.470. The molecule has 0 bridgehead atoms. The van der Waals surface area contributed by atoms with Crippen LogP contribution in [0.4, 0.5) is 5.69 Å². The zero-order valence-electron chi connectivity index (χ0n) is 10.2. The molecule has 6 nitrogen and oxygen atoms in total. The molecule has 0 heterocycles. The van der Waals surface area contributed by atoms with Crippen LogP contribution in [-0.2, 0) is 11.0 Å². The van der Waals surface area contributed by atoms with E-state index in [1.165, 1.54) is 24.3 Å². The van der Waals surface area contributed by atoms with Crippen LogP contribution in [0, 0.1) is 10.1 Å². The molecule has 2 rings (SSSR count). The lowest BCUT2D eigenvalue weighted by Gasteiger charge is -2.04. The highest BCUT2D eigenvalue weighted by atomic mass is 32.2. The molecule has 0 unspecified atom stereocenters. The summed E-state index contributed by atoms with van der Waals surface area (Å²) < 4.78 is 14.2. The molecule has 0 aliphatic carbocycles. The predicted octanol–water partition coefficient (Wildman–Crippen LogP) is 2.05. The summed E-state index contributed by atoms with van der Waals surface area (Å²) in [5, 5.41) is 10.5. The number of carbonyl (C=O) groups excluding carboxylic acids is 1. The van der Waals surface area contributed by atoms with Gasteiger partial charge >= 0.3 is 0 Å². The van der Waals surface area contributed by atoms with Crippen LogP contribution in [-0.4, -0.2) is 15.0 Å². The standard InChI is InChI=1S/C13H10N2O4S/c16-13(10-4-2-1-3-5-10)14-20(19)12-8-6-11(7-9-12)15(17)18/h1-9H,(H,14,16)/t20-/m1/s1. The maximum Gasteiger partial charge on any atom is 0.269 e. The summed E-state index contributed by atoms with van der Waals surface area (Å²) in [6.45, 7) is 0. The number of benzene rings is 2. The number of nitro groups is 1. The Morgan fingerprint density at radius 1 is 1.05 bits per heavy atom. The van der Waals surface area contributed by atoms with Gasteiger partial charge in [0.1, 0.15) is 0 Å². The third-order valence-electron chi connectivity index (χ3n) is 2.48. The number of hydrogen-bond donors (Lipinski definition) is 1. The highest BCUT2D eigenvalue weighted by molar-refractivity contribution is 7.83. The van der Waals surface area contributed by atoms with Gasteiger partial charge in [0.15, 0.2) is 11.0 Å². The van der Waals surface area contributed by atoms with E-state index in [1.807, 2.05) is 0 Å². The first-order valence-corrected chi connectivity index (χ1v) is 6.75. The van der Waals surface area contributed by atoms with Gasteiger partial charge in [0.2, 0.25) is 0 Å². The lowest BCUT2D eigenvalue weighted by atomic mass is 10.2. The molecule has 1 amide bonds.